The SMILES string of the molecule is CSc1ccc(C2NC(=O)N(Cc3ccccc3C)C(C)=C2c2nc(-c3ccccc3)no2)cc1. The van der Waals surface area contributed by atoms with Crippen LogP contribution in [-0.2, 0) is 6.54 Å². The van der Waals surface area contributed by atoms with Crippen LogP contribution in [0.25, 0.3) is 17.0 Å². The second-order valence-corrected chi connectivity index (χ2v) is 9.34. The molecule has 3 aromatic carbocycles. The topological polar surface area (TPSA) is 71.3 Å². The van der Waals surface area contributed by atoms with Crippen molar-refractivity contribution in [2.75, 3.05) is 6.26 Å². The molecule has 2 heterocycles. The highest BCUT2D eigenvalue weighted by Crippen LogP contribution is 2.38. The highest BCUT2D eigenvalue weighted by atomic mass is 32.2. The van der Waals surface area contributed by atoms with Gasteiger partial charge in [0.1, 0.15) is 0 Å². The van der Waals surface area contributed by atoms with E-state index in [1.54, 1.807) is 16.7 Å². The van der Waals surface area contributed by atoms with Gasteiger partial charge in [-0.3, -0.25) is 4.90 Å². The molecule has 5 rings (SSSR count). The molecule has 0 bridgehead atoms. The first kappa shape index (κ1) is 22.9. The van der Waals surface area contributed by atoms with E-state index >= 15 is 0 Å². The number of nitrogens with one attached hydrogen (secondary N) is 1. The maximum absolute atomic E-state index is 13.3. The van der Waals surface area contributed by atoms with Gasteiger partial charge in [-0.15, -0.1) is 11.8 Å². The van der Waals surface area contributed by atoms with Crippen molar-refractivity contribution in [3.63, 3.8) is 0 Å². The van der Waals surface area contributed by atoms with E-state index in [1.165, 1.54) is 0 Å². The van der Waals surface area contributed by atoms with Crippen LogP contribution >= 0.6 is 11.8 Å². The van der Waals surface area contributed by atoms with Crippen LogP contribution in [0.4, 0.5) is 4.79 Å². The minimum Gasteiger partial charge on any atom is -0.334 e. The summed E-state index contributed by atoms with van der Waals surface area (Å²) < 4.78 is 5.78. The van der Waals surface area contributed by atoms with E-state index in [4.69, 9.17) is 9.51 Å². The van der Waals surface area contributed by atoms with Gasteiger partial charge in [0, 0.05) is 16.2 Å². The summed E-state index contributed by atoms with van der Waals surface area (Å²) in [5, 5.41) is 7.42. The molecule has 0 saturated carbocycles. The van der Waals surface area contributed by atoms with Gasteiger partial charge in [0.2, 0.25) is 5.82 Å². The fourth-order valence-electron chi connectivity index (χ4n) is 4.29. The smallest absolute Gasteiger partial charge is 0.322 e. The van der Waals surface area contributed by atoms with E-state index in [0.717, 1.165) is 38.4 Å². The number of aromatic nitrogens is 2. The lowest BCUT2D eigenvalue weighted by Gasteiger charge is -2.35. The van der Waals surface area contributed by atoms with E-state index in [2.05, 4.69) is 35.6 Å². The van der Waals surface area contributed by atoms with Crippen molar-refractivity contribution in [2.24, 2.45) is 0 Å². The lowest BCUT2D eigenvalue weighted by molar-refractivity contribution is 0.203. The molecule has 1 aliphatic heterocycles. The fourth-order valence-corrected chi connectivity index (χ4v) is 4.70. The summed E-state index contributed by atoms with van der Waals surface area (Å²) in [5.41, 5.74) is 5.64. The Morgan fingerprint density at radius 3 is 2.40 bits per heavy atom. The molecule has 176 valence electrons. The molecule has 0 radical (unpaired) electrons. The normalized spacial score (nSPS) is 15.9. The van der Waals surface area contributed by atoms with Crippen LogP contribution in [-0.4, -0.2) is 27.3 Å². The summed E-state index contributed by atoms with van der Waals surface area (Å²) >= 11 is 1.68. The zero-order chi connectivity index (χ0) is 24.4. The largest absolute Gasteiger partial charge is 0.334 e. The number of rotatable bonds is 6. The summed E-state index contributed by atoms with van der Waals surface area (Å²) in [7, 11) is 0. The lowest BCUT2D eigenvalue weighted by atomic mass is 9.94. The summed E-state index contributed by atoms with van der Waals surface area (Å²) in [6, 6.07) is 25.4. The number of benzene rings is 3. The Morgan fingerprint density at radius 1 is 0.971 bits per heavy atom. The van der Waals surface area contributed by atoms with Crippen molar-refractivity contribution in [3.8, 4) is 11.4 Å². The maximum atomic E-state index is 13.3. The molecule has 6 nitrogen and oxygen atoms in total. The van der Waals surface area contributed by atoms with Crippen molar-refractivity contribution in [1.82, 2.24) is 20.4 Å². The van der Waals surface area contributed by atoms with Crippen molar-refractivity contribution in [1.29, 1.82) is 0 Å². The Hall–Kier alpha value is -3.84. The van der Waals surface area contributed by atoms with Gasteiger partial charge in [0.25, 0.3) is 5.89 Å². The average Bonchev–Trinajstić information content (AvgIpc) is 3.37. The van der Waals surface area contributed by atoms with Crippen LogP contribution in [0.15, 0.2) is 94.0 Å². The predicted molar refractivity (Wildman–Crippen MR) is 139 cm³/mol. The van der Waals surface area contributed by atoms with E-state index < -0.39 is 6.04 Å². The van der Waals surface area contributed by atoms with Crippen molar-refractivity contribution in [3.05, 3.63) is 107 Å². The van der Waals surface area contributed by atoms with E-state index in [1.807, 2.05) is 73.8 Å². The Morgan fingerprint density at radius 2 is 1.69 bits per heavy atom. The zero-order valence-corrected chi connectivity index (χ0v) is 20.7. The first-order valence-electron chi connectivity index (χ1n) is 11.4. The third-order valence-electron chi connectivity index (χ3n) is 6.32. The first-order valence-corrected chi connectivity index (χ1v) is 12.6. The molecule has 4 aromatic rings. The highest BCUT2D eigenvalue weighted by molar-refractivity contribution is 7.98. The minimum absolute atomic E-state index is 0.156. The number of amides is 2. The van der Waals surface area contributed by atoms with E-state index in [-0.39, 0.29) is 6.03 Å². The molecular formula is C28H26N4O2S. The second kappa shape index (κ2) is 9.80. The Kier molecular flexibility index (Phi) is 6.42. The Balaban J connectivity index is 1.60. The van der Waals surface area contributed by atoms with E-state index in [9.17, 15) is 4.79 Å². The monoisotopic (exact) mass is 482 g/mol. The number of urea groups is 1. The summed E-state index contributed by atoms with van der Waals surface area (Å²) in [6.45, 7) is 4.45. The van der Waals surface area contributed by atoms with Gasteiger partial charge in [0.05, 0.1) is 18.2 Å². The van der Waals surface area contributed by atoms with Gasteiger partial charge in [0.15, 0.2) is 0 Å². The number of carbonyl (C=O) groups is 1. The lowest BCUT2D eigenvalue weighted by Crippen LogP contribution is -2.45. The molecule has 1 aliphatic rings. The molecular weight excluding hydrogens is 456 g/mol. The van der Waals surface area contributed by atoms with Gasteiger partial charge < -0.3 is 9.84 Å². The Labute approximate surface area is 209 Å². The summed E-state index contributed by atoms with van der Waals surface area (Å²) in [4.78, 5) is 21.0. The standard InChI is InChI=1S/C28H26N4O2S/c1-18-9-7-8-12-22(18)17-32-19(2)24(27-30-26(31-34-27)21-10-5-4-6-11-21)25(29-28(32)33)20-13-15-23(35-3)16-14-20/h4-16,25H,17H2,1-3H3,(H,29,33). The van der Waals surface area contributed by atoms with Crippen LogP contribution in [0.2, 0.25) is 0 Å². The van der Waals surface area contributed by atoms with Crippen LogP contribution in [0.5, 0.6) is 0 Å². The summed E-state index contributed by atoms with van der Waals surface area (Å²) in [5.74, 6) is 0.912. The maximum Gasteiger partial charge on any atom is 0.322 e. The number of allylic oxidation sites excluding steroid dienone is 1. The van der Waals surface area contributed by atoms with Crippen molar-refractivity contribution >= 4 is 23.4 Å². The quantitative estimate of drug-likeness (QED) is 0.319. The first-order chi connectivity index (χ1) is 17.0. The number of hydrogen-bond acceptors (Lipinski definition) is 5. The van der Waals surface area contributed by atoms with Crippen LogP contribution in [0.1, 0.15) is 35.5 Å². The molecule has 0 fully saturated rings. The number of aryl methyl sites for hydroxylation is 1. The van der Waals surface area contributed by atoms with Gasteiger partial charge in [-0.2, -0.15) is 4.98 Å². The van der Waals surface area contributed by atoms with Gasteiger partial charge in [-0.1, -0.05) is 71.9 Å². The molecule has 1 aromatic heterocycles. The van der Waals surface area contributed by atoms with Crippen LogP contribution in [0.3, 0.4) is 0 Å². The number of thioether (sulfide) groups is 1. The molecule has 1 N–H and O–H groups in total. The third-order valence-corrected chi connectivity index (χ3v) is 7.07. The summed E-state index contributed by atoms with van der Waals surface area (Å²) in [6.07, 6.45) is 2.04. The zero-order valence-electron chi connectivity index (χ0n) is 19.9. The van der Waals surface area contributed by atoms with E-state index in [0.29, 0.717) is 18.3 Å². The second-order valence-electron chi connectivity index (χ2n) is 8.46. The van der Waals surface area contributed by atoms with Gasteiger partial charge >= 0.3 is 6.03 Å². The Bertz CT molecular complexity index is 1380. The van der Waals surface area contributed by atoms with Crippen molar-refractivity contribution in [2.45, 2.75) is 31.3 Å². The van der Waals surface area contributed by atoms with Crippen LogP contribution < -0.4 is 5.32 Å². The van der Waals surface area contributed by atoms with Gasteiger partial charge in [-0.25, -0.2) is 4.79 Å². The van der Waals surface area contributed by atoms with Crippen molar-refractivity contribution < 1.29 is 9.32 Å². The molecule has 0 aliphatic carbocycles. The molecule has 0 saturated heterocycles. The molecule has 7 heteroatoms. The minimum atomic E-state index is -0.407. The average molecular weight is 483 g/mol. The number of hydrogen-bond donors (Lipinski definition) is 1. The molecule has 35 heavy (non-hydrogen) atoms. The molecule has 1 atom stereocenters. The molecule has 2 amide bonds. The fraction of sp³-hybridized carbons (Fsp3) is 0.179. The number of nitrogens with zero attached hydrogens (tertiary/aromatic N) is 3. The van der Waals surface area contributed by atoms with Gasteiger partial charge in [-0.05, 0) is 48.9 Å². The third kappa shape index (κ3) is 4.59. The van der Waals surface area contributed by atoms with Crippen LogP contribution in [0, 0.1) is 6.92 Å². The highest BCUT2D eigenvalue weighted by Gasteiger charge is 2.36. The predicted octanol–water partition coefficient (Wildman–Crippen LogP) is 6.46. The molecule has 1 unspecified atom stereocenters. The molecule has 0 spiro atoms. The number of carbonyl (C=O) groups excluding carboxylic acids is 1.